The summed E-state index contributed by atoms with van der Waals surface area (Å²) in [6.45, 7) is 7.45. The van der Waals surface area contributed by atoms with Gasteiger partial charge < -0.3 is 19.8 Å². The Morgan fingerprint density at radius 2 is 2.00 bits per heavy atom. The van der Waals surface area contributed by atoms with Crippen molar-refractivity contribution in [2.45, 2.75) is 26.4 Å². The van der Waals surface area contributed by atoms with Crippen LogP contribution in [0, 0.1) is 6.92 Å². The number of rotatable bonds is 8. The number of nitrogens with one attached hydrogen (secondary N) is 2. The minimum absolute atomic E-state index is 0.0488. The molecule has 0 spiro atoms. The first kappa shape index (κ1) is 18.6. The van der Waals surface area contributed by atoms with Gasteiger partial charge in [-0.3, -0.25) is 9.69 Å². The molecule has 6 nitrogen and oxygen atoms in total. The van der Waals surface area contributed by atoms with E-state index < -0.39 is 0 Å². The van der Waals surface area contributed by atoms with Gasteiger partial charge in [0.1, 0.15) is 11.5 Å². The Bertz CT molecular complexity index is 708. The topological polar surface area (TPSA) is 66.7 Å². The molecule has 1 aliphatic rings. The van der Waals surface area contributed by atoms with Crippen LogP contribution in [0.5, 0.6) is 0 Å². The maximum absolute atomic E-state index is 12.2. The largest absolute Gasteiger partial charge is 0.465 e. The highest BCUT2D eigenvalue weighted by Crippen LogP contribution is 2.12. The SMILES string of the molecule is Cc1ccc(CNCc2cccc(NC(=O)CCN3CCOCC3)c2)o1. The molecule has 0 unspecified atom stereocenters. The van der Waals surface area contributed by atoms with Crippen LogP contribution in [0.2, 0.25) is 0 Å². The van der Waals surface area contributed by atoms with Crippen molar-refractivity contribution in [3.8, 4) is 0 Å². The van der Waals surface area contributed by atoms with Gasteiger partial charge in [0, 0.05) is 38.3 Å². The molecule has 0 saturated carbocycles. The second-order valence-electron chi connectivity index (χ2n) is 6.57. The van der Waals surface area contributed by atoms with Crippen LogP contribution in [-0.4, -0.2) is 43.7 Å². The number of ether oxygens (including phenoxy) is 1. The molecule has 1 aromatic heterocycles. The van der Waals surface area contributed by atoms with Crippen LogP contribution in [0.25, 0.3) is 0 Å². The molecule has 1 fully saturated rings. The maximum atomic E-state index is 12.2. The van der Waals surface area contributed by atoms with E-state index in [1.165, 1.54) is 0 Å². The molecule has 0 atom stereocenters. The number of furan rings is 1. The van der Waals surface area contributed by atoms with Gasteiger partial charge in [-0.15, -0.1) is 0 Å². The number of morpholine rings is 1. The van der Waals surface area contributed by atoms with Crippen LogP contribution in [-0.2, 0) is 22.6 Å². The highest BCUT2D eigenvalue weighted by atomic mass is 16.5. The molecule has 6 heteroatoms. The highest BCUT2D eigenvalue weighted by Gasteiger charge is 2.12. The van der Waals surface area contributed by atoms with Crippen LogP contribution in [0.3, 0.4) is 0 Å². The zero-order chi connectivity index (χ0) is 18.2. The summed E-state index contributed by atoms with van der Waals surface area (Å²) < 4.78 is 10.9. The molecule has 2 heterocycles. The first-order valence-corrected chi connectivity index (χ1v) is 9.14. The lowest BCUT2D eigenvalue weighted by Crippen LogP contribution is -2.38. The van der Waals surface area contributed by atoms with Crippen LogP contribution in [0.15, 0.2) is 40.8 Å². The van der Waals surface area contributed by atoms with Crippen molar-refractivity contribution in [3.63, 3.8) is 0 Å². The number of hydrogen-bond acceptors (Lipinski definition) is 5. The fraction of sp³-hybridized carbons (Fsp3) is 0.450. The van der Waals surface area contributed by atoms with Crippen LogP contribution < -0.4 is 10.6 Å². The van der Waals surface area contributed by atoms with E-state index in [0.717, 1.165) is 62.2 Å². The van der Waals surface area contributed by atoms with Crippen LogP contribution in [0.4, 0.5) is 5.69 Å². The first-order chi connectivity index (χ1) is 12.7. The van der Waals surface area contributed by atoms with E-state index in [1.807, 2.05) is 43.3 Å². The molecular weight excluding hydrogens is 330 g/mol. The van der Waals surface area contributed by atoms with Crippen molar-refractivity contribution in [3.05, 3.63) is 53.5 Å². The number of amides is 1. The maximum Gasteiger partial charge on any atom is 0.225 e. The third-order valence-corrected chi connectivity index (χ3v) is 4.39. The van der Waals surface area contributed by atoms with Gasteiger partial charge in [-0.1, -0.05) is 12.1 Å². The van der Waals surface area contributed by atoms with Crippen molar-refractivity contribution >= 4 is 11.6 Å². The fourth-order valence-electron chi connectivity index (χ4n) is 2.98. The zero-order valence-corrected chi connectivity index (χ0v) is 15.3. The summed E-state index contributed by atoms with van der Waals surface area (Å²) in [4.78, 5) is 14.4. The summed E-state index contributed by atoms with van der Waals surface area (Å²) in [6, 6.07) is 11.9. The molecule has 3 rings (SSSR count). The summed E-state index contributed by atoms with van der Waals surface area (Å²) in [6.07, 6.45) is 0.500. The van der Waals surface area contributed by atoms with Crippen molar-refractivity contribution in [1.29, 1.82) is 0 Å². The van der Waals surface area contributed by atoms with Gasteiger partial charge in [-0.05, 0) is 36.8 Å². The monoisotopic (exact) mass is 357 g/mol. The smallest absolute Gasteiger partial charge is 0.225 e. The quantitative estimate of drug-likeness (QED) is 0.760. The summed E-state index contributed by atoms with van der Waals surface area (Å²) in [5, 5.41) is 6.35. The van der Waals surface area contributed by atoms with E-state index in [4.69, 9.17) is 9.15 Å². The lowest BCUT2D eigenvalue weighted by Gasteiger charge is -2.26. The highest BCUT2D eigenvalue weighted by molar-refractivity contribution is 5.90. The molecule has 1 aromatic carbocycles. The van der Waals surface area contributed by atoms with Crippen molar-refractivity contribution in [2.24, 2.45) is 0 Å². The third kappa shape index (κ3) is 5.98. The first-order valence-electron chi connectivity index (χ1n) is 9.14. The minimum Gasteiger partial charge on any atom is -0.465 e. The Kier molecular flexibility index (Phi) is 6.82. The molecule has 2 aromatic rings. The van der Waals surface area contributed by atoms with E-state index in [1.54, 1.807) is 0 Å². The number of hydrogen-bond donors (Lipinski definition) is 2. The molecule has 0 aliphatic carbocycles. The Morgan fingerprint density at radius 1 is 1.15 bits per heavy atom. The van der Waals surface area contributed by atoms with Gasteiger partial charge in [0.2, 0.25) is 5.91 Å². The van der Waals surface area contributed by atoms with E-state index in [2.05, 4.69) is 15.5 Å². The molecule has 1 saturated heterocycles. The van der Waals surface area contributed by atoms with Crippen molar-refractivity contribution < 1.29 is 13.9 Å². The van der Waals surface area contributed by atoms with Gasteiger partial charge >= 0.3 is 0 Å². The number of anilines is 1. The molecular formula is C20H27N3O3. The molecule has 26 heavy (non-hydrogen) atoms. The van der Waals surface area contributed by atoms with Crippen molar-refractivity contribution in [1.82, 2.24) is 10.2 Å². The van der Waals surface area contributed by atoms with Crippen LogP contribution >= 0.6 is 0 Å². The van der Waals surface area contributed by atoms with E-state index in [-0.39, 0.29) is 5.91 Å². The van der Waals surface area contributed by atoms with Gasteiger partial charge in [0.05, 0.1) is 19.8 Å². The number of carbonyl (C=O) groups excluding carboxylic acids is 1. The Hall–Kier alpha value is -2.15. The summed E-state index contributed by atoms with van der Waals surface area (Å²) in [5.41, 5.74) is 1.96. The Labute approximate surface area is 154 Å². The third-order valence-electron chi connectivity index (χ3n) is 4.39. The number of benzene rings is 1. The zero-order valence-electron chi connectivity index (χ0n) is 15.3. The number of carbonyl (C=O) groups is 1. The Morgan fingerprint density at radius 3 is 2.77 bits per heavy atom. The van der Waals surface area contributed by atoms with E-state index >= 15 is 0 Å². The molecule has 0 radical (unpaired) electrons. The second kappa shape index (κ2) is 9.52. The summed E-state index contributed by atoms with van der Waals surface area (Å²) in [7, 11) is 0. The van der Waals surface area contributed by atoms with Gasteiger partial charge in [0.15, 0.2) is 0 Å². The van der Waals surface area contributed by atoms with Crippen molar-refractivity contribution in [2.75, 3.05) is 38.2 Å². The van der Waals surface area contributed by atoms with Gasteiger partial charge in [-0.2, -0.15) is 0 Å². The lowest BCUT2D eigenvalue weighted by molar-refractivity contribution is -0.116. The average Bonchev–Trinajstić information content (AvgIpc) is 3.06. The Balaban J connectivity index is 1.41. The summed E-state index contributed by atoms with van der Waals surface area (Å²) in [5.74, 6) is 1.89. The predicted molar refractivity (Wildman–Crippen MR) is 101 cm³/mol. The fourth-order valence-corrected chi connectivity index (χ4v) is 2.98. The predicted octanol–water partition coefficient (Wildman–Crippen LogP) is 2.54. The van der Waals surface area contributed by atoms with Gasteiger partial charge in [-0.25, -0.2) is 0 Å². The van der Waals surface area contributed by atoms with Crippen LogP contribution in [0.1, 0.15) is 23.5 Å². The molecule has 1 aliphatic heterocycles. The minimum atomic E-state index is 0.0488. The van der Waals surface area contributed by atoms with E-state index in [9.17, 15) is 4.79 Å². The van der Waals surface area contributed by atoms with Gasteiger partial charge in [0.25, 0.3) is 0 Å². The normalized spacial score (nSPS) is 15.1. The molecule has 140 valence electrons. The molecule has 1 amide bonds. The number of nitrogens with zero attached hydrogens (tertiary/aromatic N) is 1. The lowest BCUT2D eigenvalue weighted by atomic mass is 10.2. The molecule has 2 N–H and O–H groups in total. The van der Waals surface area contributed by atoms with E-state index in [0.29, 0.717) is 13.0 Å². The summed E-state index contributed by atoms with van der Waals surface area (Å²) >= 11 is 0. The standard InChI is InChI=1S/C20H27N3O3/c1-16-5-6-19(26-16)15-21-14-17-3-2-4-18(13-17)22-20(24)7-8-23-9-11-25-12-10-23/h2-6,13,21H,7-12,14-15H2,1H3,(H,22,24). The molecule has 0 bridgehead atoms. The second-order valence-corrected chi connectivity index (χ2v) is 6.57. The number of aryl methyl sites for hydroxylation is 1. The average molecular weight is 357 g/mol.